The predicted octanol–water partition coefficient (Wildman–Crippen LogP) is 4.52. The number of nitro benzene ring substituents is 1. The summed E-state index contributed by atoms with van der Waals surface area (Å²) >= 11 is 3.35. The normalized spacial score (nSPS) is 14.9. The number of rotatable bonds is 3. The van der Waals surface area contributed by atoms with Crippen LogP contribution in [-0.2, 0) is 25.7 Å². The van der Waals surface area contributed by atoms with Crippen LogP contribution in [-0.4, -0.2) is 16.4 Å². The van der Waals surface area contributed by atoms with Crippen molar-refractivity contribution >= 4 is 27.3 Å². The monoisotopic (exact) mass is 429 g/mol. The van der Waals surface area contributed by atoms with E-state index in [2.05, 4.69) is 15.9 Å². The molecular formula is C17H15BrF3N3O2. The number of anilines is 1. The number of nitro groups is 1. The summed E-state index contributed by atoms with van der Waals surface area (Å²) in [5.74, 6) is 0. The molecule has 0 unspecified atom stereocenters. The van der Waals surface area contributed by atoms with Crippen molar-refractivity contribution in [3.8, 4) is 0 Å². The Labute approximate surface area is 155 Å². The van der Waals surface area contributed by atoms with E-state index in [1.54, 1.807) is 6.07 Å². The zero-order chi connectivity index (χ0) is 19.1. The fraction of sp³-hybridized carbons (Fsp3) is 0.294. The fourth-order valence-corrected chi connectivity index (χ4v) is 3.75. The second-order valence-corrected chi connectivity index (χ2v) is 7.02. The van der Waals surface area contributed by atoms with Crippen LogP contribution in [0, 0.1) is 10.1 Å². The van der Waals surface area contributed by atoms with Gasteiger partial charge in [-0.15, -0.1) is 0 Å². The van der Waals surface area contributed by atoms with Gasteiger partial charge in [0, 0.05) is 30.2 Å². The molecule has 2 N–H and O–H groups in total. The van der Waals surface area contributed by atoms with Crippen molar-refractivity contribution in [3.05, 3.63) is 67.2 Å². The van der Waals surface area contributed by atoms with Crippen LogP contribution in [0.2, 0.25) is 0 Å². The van der Waals surface area contributed by atoms with Crippen molar-refractivity contribution in [3.63, 3.8) is 0 Å². The Balaban J connectivity index is 1.84. The smallest absolute Gasteiger partial charge is 0.393 e. The molecule has 2 aromatic rings. The number of nitrogen functional groups attached to an aromatic ring is 1. The summed E-state index contributed by atoms with van der Waals surface area (Å²) in [4.78, 5) is 12.6. The highest BCUT2D eigenvalue weighted by molar-refractivity contribution is 9.10. The van der Waals surface area contributed by atoms with E-state index in [9.17, 15) is 23.3 Å². The Bertz CT molecular complexity index is 871. The number of nitrogens with zero attached hydrogens (tertiary/aromatic N) is 2. The van der Waals surface area contributed by atoms with Crippen molar-refractivity contribution in [2.45, 2.75) is 25.7 Å². The molecule has 138 valence electrons. The quantitative estimate of drug-likeness (QED) is 0.442. The highest BCUT2D eigenvalue weighted by Gasteiger charge is 2.31. The maximum atomic E-state index is 12.9. The van der Waals surface area contributed by atoms with Crippen molar-refractivity contribution in [2.24, 2.45) is 0 Å². The first-order valence-electron chi connectivity index (χ1n) is 7.79. The van der Waals surface area contributed by atoms with E-state index < -0.39 is 16.7 Å². The lowest BCUT2D eigenvalue weighted by Crippen LogP contribution is -2.31. The SMILES string of the molecule is Nc1c([N+](=O)[O-])cc(Br)c2c1CCN(Cc1cccc(C(F)(F)F)c1)C2. The lowest BCUT2D eigenvalue weighted by Gasteiger charge is -2.30. The molecule has 0 saturated heterocycles. The summed E-state index contributed by atoms with van der Waals surface area (Å²) in [6.45, 7) is 1.36. The molecule has 0 atom stereocenters. The van der Waals surface area contributed by atoms with E-state index in [0.29, 0.717) is 36.1 Å². The molecule has 5 nitrogen and oxygen atoms in total. The third kappa shape index (κ3) is 3.68. The molecule has 0 aliphatic carbocycles. The summed E-state index contributed by atoms with van der Waals surface area (Å²) < 4.78 is 39.2. The molecule has 1 aliphatic heterocycles. The van der Waals surface area contributed by atoms with E-state index >= 15 is 0 Å². The van der Waals surface area contributed by atoms with Gasteiger partial charge in [0.05, 0.1) is 10.5 Å². The number of benzene rings is 2. The van der Waals surface area contributed by atoms with Crippen LogP contribution in [0.15, 0.2) is 34.8 Å². The molecule has 0 amide bonds. The highest BCUT2D eigenvalue weighted by Crippen LogP contribution is 2.38. The van der Waals surface area contributed by atoms with E-state index in [0.717, 1.165) is 23.3 Å². The van der Waals surface area contributed by atoms with E-state index in [1.165, 1.54) is 12.1 Å². The minimum Gasteiger partial charge on any atom is -0.393 e. The van der Waals surface area contributed by atoms with Crippen LogP contribution in [0.3, 0.4) is 0 Å². The van der Waals surface area contributed by atoms with Crippen LogP contribution in [0.1, 0.15) is 22.3 Å². The number of hydrogen-bond acceptors (Lipinski definition) is 4. The maximum Gasteiger partial charge on any atom is 0.416 e. The Morgan fingerprint density at radius 1 is 1.27 bits per heavy atom. The summed E-state index contributed by atoms with van der Waals surface area (Å²) in [7, 11) is 0. The Morgan fingerprint density at radius 3 is 2.65 bits per heavy atom. The predicted molar refractivity (Wildman–Crippen MR) is 94.5 cm³/mol. The van der Waals surface area contributed by atoms with Gasteiger partial charge in [-0.25, -0.2) is 0 Å². The van der Waals surface area contributed by atoms with Crippen molar-refractivity contribution in [1.29, 1.82) is 0 Å². The van der Waals surface area contributed by atoms with Gasteiger partial charge in [-0.05, 0) is 29.2 Å². The Morgan fingerprint density at radius 2 is 2.00 bits per heavy atom. The molecule has 2 aromatic carbocycles. The Hall–Kier alpha value is -2.13. The molecule has 0 aromatic heterocycles. The maximum absolute atomic E-state index is 12.9. The fourth-order valence-electron chi connectivity index (χ4n) is 3.17. The van der Waals surface area contributed by atoms with Gasteiger partial charge in [-0.3, -0.25) is 15.0 Å². The molecule has 0 fully saturated rings. The van der Waals surface area contributed by atoms with Gasteiger partial charge < -0.3 is 5.73 Å². The first-order valence-corrected chi connectivity index (χ1v) is 8.58. The summed E-state index contributed by atoms with van der Waals surface area (Å²) in [5, 5.41) is 11.1. The number of fused-ring (bicyclic) bond motifs is 1. The second kappa shape index (κ2) is 6.88. The average molecular weight is 430 g/mol. The zero-order valence-corrected chi connectivity index (χ0v) is 15.1. The summed E-state index contributed by atoms with van der Waals surface area (Å²) in [6, 6.07) is 6.62. The third-order valence-corrected chi connectivity index (χ3v) is 5.14. The molecule has 26 heavy (non-hydrogen) atoms. The minimum absolute atomic E-state index is 0.137. The topological polar surface area (TPSA) is 72.4 Å². The highest BCUT2D eigenvalue weighted by atomic mass is 79.9. The molecule has 0 spiro atoms. The largest absolute Gasteiger partial charge is 0.416 e. The number of nitrogens with two attached hydrogens (primary N) is 1. The van der Waals surface area contributed by atoms with Gasteiger partial charge in [0.25, 0.3) is 5.69 Å². The van der Waals surface area contributed by atoms with Gasteiger partial charge >= 0.3 is 6.18 Å². The molecule has 0 radical (unpaired) electrons. The van der Waals surface area contributed by atoms with Crippen molar-refractivity contribution in [2.75, 3.05) is 12.3 Å². The molecule has 1 aliphatic rings. The lowest BCUT2D eigenvalue weighted by atomic mass is 9.96. The Kier molecular flexibility index (Phi) is 4.94. The van der Waals surface area contributed by atoms with Crippen LogP contribution >= 0.6 is 15.9 Å². The molecular weight excluding hydrogens is 415 g/mol. The average Bonchev–Trinajstić information content (AvgIpc) is 2.57. The van der Waals surface area contributed by atoms with Gasteiger partial charge in [0.1, 0.15) is 5.69 Å². The first-order chi connectivity index (χ1) is 12.2. The van der Waals surface area contributed by atoms with Crippen LogP contribution in [0.25, 0.3) is 0 Å². The summed E-state index contributed by atoms with van der Waals surface area (Å²) in [5.41, 5.74) is 7.41. The minimum atomic E-state index is -4.37. The summed E-state index contributed by atoms with van der Waals surface area (Å²) in [6.07, 6.45) is -3.87. The lowest BCUT2D eigenvalue weighted by molar-refractivity contribution is -0.384. The van der Waals surface area contributed by atoms with Crippen molar-refractivity contribution < 1.29 is 18.1 Å². The molecule has 0 bridgehead atoms. The molecule has 1 heterocycles. The van der Waals surface area contributed by atoms with Crippen LogP contribution < -0.4 is 5.73 Å². The first kappa shape index (κ1) is 18.7. The van der Waals surface area contributed by atoms with E-state index in [1.807, 2.05) is 4.90 Å². The van der Waals surface area contributed by atoms with Gasteiger partial charge in [0.2, 0.25) is 0 Å². The van der Waals surface area contributed by atoms with Crippen molar-refractivity contribution in [1.82, 2.24) is 4.90 Å². The van der Waals surface area contributed by atoms with Gasteiger partial charge in [-0.2, -0.15) is 13.2 Å². The van der Waals surface area contributed by atoms with E-state index in [4.69, 9.17) is 5.73 Å². The number of alkyl halides is 3. The van der Waals surface area contributed by atoms with Gasteiger partial charge in [0.15, 0.2) is 0 Å². The van der Waals surface area contributed by atoms with E-state index in [-0.39, 0.29) is 11.4 Å². The second-order valence-electron chi connectivity index (χ2n) is 6.16. The van der Waals surface area contributed by atoms with Gasteiger partial charge in [-0.1, -0.05) is 34.1 Å². The number of halogens is 4. The molecule has 9 heteroatoms. The zero-order valence-electron chi connectivity index (χ0n) is 13.5. The standard InChI is InChI=1S/C17H15BrF3N3O2/c18-14-7-15(24(25)26)16(22)12-4-5-23(9-13(12)14)8-10-2-1-3-11(6-10)17(19,20)21/h1-3,6-7H,4-5,8-9,22H2. The van der Waals surface area contributed by atoms with Crippen LogP contribution in [0.4, 0.5) is 24.5 Å². The third-order valence-electron chi connectivity index (χ3n) is 4.43. The molecule has 3 rings (SSSR count). The molecule has 0 saturated carbocycles. The van der Waals surface area contributed by atoms with Crippen LogP contribution in [0.5, 0.6) is 0 Å². The number of hydrogen-bond donors (Lipinski definition) is 1.